The van der Waals surface area contributed by atoms with Crippen molar-refractivity contribution in [1.82, 2.24) is 9.97 Å². The molecule has 1 aromatic carbocycles. The summed E-state index contributed by atoms with van der Waals surface area (Å²) in [5, 5.41) is -0.229. The summed E-state index contributed by atoms with van der Waals surface area (Å²) in [5.41, 5.74) is 6.16. The van der Waals surface area contributed by atoms with Gasteiger partial charge in [-0.05, 0) is 25.1 Å². The highest BCUT2D eigenvalue weighted by atomic mass is 32.2. The zero-order chi connectivity index (χ0) is 18.1. The number of nitrogens with one attached hydrogen (secondary N) is 1. The first-order chi connectivity index (χ1) is 11.8. The van der Waals surface area contributed by atoms with Crippen LogP contribution in [0.5, 0.6) is 5.75 Å². The van der Waals surface area contributed by atoms with Crippen molar-refractivity contribution >= 4 is 35.0 Å². The van der Waals surface area contributed by atoms with Gasteiger partial charge in [-0.3, -0.25) is 14.4 Å². The number of Topliss-reactive ketones (excluding diaryl/α,β-unsaturated/α-hetero) is 1. The summed E-state index contributed by atoms with van der Waals surface area (Å²) in [6, 6.07) is 6.12. The molecule has 1 atom stereocenters. The summed E-state index contributed by atoms with van der Waals surface area (Å²) in [4.78, 5) is 43.9. The molecule has 1 amide bonds. The summed E-state index contributed by atoms with van der Waals surface area (Å²) in [7, 11) is 1.64. The zero-order valence-electron chi connectivity index (χ0n) is 13.6. The smallest absolute Gasteiger partial charge is 0.264 e. The fraction of sp³-hybridized carbons (Fsp3) is 0.250. The second-order valence-electron chi connectivity index (χ2n) is 5.52. The monoisotopic (exact) mass is 360 g/mol. The molecule has 3 rings (SSSR count). The van der Waals surface area contributed by atoms with E-state index in [0.717, 1.165) is 11.8 Å². The molecule has 1 aliphatic heterocycles. The third-order valence-corrected chi connectivity index (χ3v) is 4.71. The number of anilines is 2. The number of likely N-dealkylation sites (N-methyl/N-ethyl adjacent to an activating group) is 1. The number of aromatic amines is 1. The number of amides is 1. The number of carbonyl (C=O) groups is 2. The first-order valence-corrected chi connectivity index (χ1v) is 8.34. The summed E-state index contributed by atoms with van der Waals surface area (Å²) in [6.07, 6.45) is 0. The summed E-state index contributed by atoms with van der Waals surface area (Å²) in [6.45, 7) is 1.69. The maximum atomic E-state index is 12.7. The molecule has 8 nitrogen and oxygen atoms in total. The molecule has 1 aromatic heterocycles. The van der Waals surface area contributed by atoms with Gasteiger partial charge in [0.25, 0.3) is 11.5 Å². The van der Waals surface area contributed by atoms with Gasteiger partial charge in [0.05, 0.1) is 10.9 Å². The lowest BCUT2D eigenvalue weighted by Gasteiger charge is -2.26. The highest BCUT2D eigenvalue weighted by molar-refractivity contribution is 8.00. The Bertz CT molecular complexity index is 911. The van der Waals surface area contributed by atoms with Gasteiger partial charge in [0, 0.05) is 18.7 Å². The van der Waals surface area contributed by atoms with Crippen LogP contribution < -0.4 is 20.9 Å². The largest absolute Gasteiger partial charge is 0.482 e. The molecule has 0 radical (unpaired) electrons. The number of aromatic nitrogens is 2. The SMILES string of the molecule is CC(Sc1nc(N)cc(=O)[nH]1)C(=O)c1ccc2c(c1)N(C)C(=O)CO2. The van der Waals surface area contributed by atoms with Crippen molar-refractivity contribution in [2.75, 3.05) is 24.3 Å². The number of benzene rings is 1. The predicted octanol–water partition coefficient (Wildman–Crippen LogP) is 1.07. The fourth-order valence-corrected chi connectivity index (χ4v) is 3.29. The highest BCUT2D eigenvalue weighted by Crippen LogP contribution is 2.33. The number of hydrogen-bond acceptors (Lipinski definition) is 7. The second kappa shape index (κ2) is 6.60. The number of ketones is 1. The zero-order valence-corrected chi connectivity index (χ0v) is 14.4. The molecule has 3 N–H and O–H groups in total. The summed E-state index contributed by atoms with van der Waals surface area (Å²) < 4.78 is 5.35. The first-order valence-electron chi connectivity index (χ1n) is 7.46. The number of fused-ring (bicyclic) bond motifs is 1. The quantitative estimate of drug-likeness (QED) is 0.475. The van der Waals surface area contributed by atoms with Gasteiger partial charge in [0.1, 0.15) is 11.6 Å². The molecule has 1 unspecified atom stereocenters. The lowest BCUT2D eigenvalue weighted by molar-refractivity contribution is -0.120. The van der Waals surface area contributed by atoms with Crippen LogP contribution in [0.3, 0.4) is 0 Å². The van der Waals surface area contributed by atoms with Crippen LogP contribution in [0.1, 0.15) is 17.3 Å². The van der Waals surface area contributed by atoms with E-state index in [4.69, 9.17) is 10.5 Å². The summed E-state index contributed by atoms with van der Waals surface area (Å²) >= 11 is 1.11. The minimum atomic E-state index is -0.506. The molecule has 1 aliphatic rings. The van der Waals surface area contributed by atoms with E-state index >= 15 is 0 Å². The lowest BCUT2D eigenvalue weighted by Crippen LogP contribution is -2.35. The van der Waals surface area contributed by atoms with Gasteiger partial charge in [-0.1, -0.05) is 11.8 Å². The van der Waals surface area contributed by atoms with Crippen LogP contribution >= 0.6 is 11.8 Å². The molecular formula is C16H16N4O4S. The Morgan fingerprint density at radius 2 is 2.16 bits per heavy atom. The molecule has 0 saturated carbocycles. The number of nitrogens with zero attached hydrogens (tertiary/aromatic N) is 2. The Morgan fingerprint density at radius 1 is 1.40 bits per heavy atom. The molecule has 25 heavy (non-hydrogen) atoms. The van der Waals surface area contributed by atoms with Crippen molar-refractivity contribution in [3.63, 3.8) is 0 Å². The van der Waals surface area contributed by atoms with Gasteiger partial charge in [-0.15, -0.1) is 0 Å². The lowest BCUT2D eigenvalue weighted by atomic mass is 10.1. The molecule has 9 heteroatoms. The van der Waals surface area contributed by atoms with Gasteiger partial charge in [-0.25, -0.2) is 4.98 Å². The number of rotatable bonds is 4. The number of nitrogens with two attached hydrogens (primary N) is 1. The van der Waals surface area contributed by atoms with Crippen LogP contribution in [0.25, 0.3) is 0 Å². The van der Waals surface area contributed by atoms with E-state index in [1.165, 1.54) is 11.0 Å². The van der Waals surface area contributed by atoms with Crippen LogP contribution in [-0.4, -0.2) is 40.6 Å². The van der Waals surface area contributed by atoms with E-state index in [1.807, 2.05) is 0 Å². The predicted molar refractivity (Wildman–Crippen MR) is 94.3 cm³/mol. The average molecular weight is 360 g/mol. The average Bonchev–Trinajstić information content (AvgIpc) is 2.56. The van der Waals surface area contributed by atoms with E-state index in [9.17, 15) is 14.4 Å². The number of H-pyrrole nitrogens is 1. The van der Waals surface area contributed by atoms with Crippen molar-refractivity contribution in [2.24, 2.45) is 0 Å². The van der Waals surface area contributed by atoms with Crippen LogP contribution in [-0.2, 0) is 4.79 Å². The van der Waals surface area contributed by atoms with E-state index in [-0.39, 0.29) is 34.8 Å². The number of nitrogen functional groups attached to an aromatic ring is 1. The van der Waals surface area contributed by atoms with Crippen molar-refractivity contribution < 1.29 is 14.3 Å². The van der Waals surface area contributed by atoms with Crippen molar-refractivity contribution in [2.45, 2.75) is 17.3 Å². The fourth-order valence-electron chi connectivity index (χ4n) is 2.39. The van der Waals surface area contributed by atoms with Crippen LogP contribution in [0, 0.1) is 0 Å². The third-order valence-electron chi connectivity index (χ3n) is 3.73. The maximum Gasteiger partial charge on any atom is 0.264 e. The molecular weight excluding hydrogens is 344 g/mol. The van der Waals surface area contributed by atoms with Crippen molar-refractivity contribution in [1.29, 1.82) is 0 Å². The minimum absolute atomic E-state index is 0.0164. The Balaban J connectivity index is 1.83. The summed E-state index contributed by atoms with van der Waals surface area (Å²) in [5.74, 6) is 0.308. The molecule has 0 saturated heterocycles. The van der Waals surface area contributed by atoms with Crippen molar-refractivity contribution in [3.8, 4) is 5.75 Å². The Morgan fingerprint density at radius 3 is 2.88 bits per heavy atom. The molecule has 0 aliphatic carbocycles. The molecule has 0 bridgehead atoms. The third kappa shape index (κ3) is 3.50. The van der Waals surface area contributed by atoms with E-state index in [0.29, 0.717) is 17.0 Å². The van der Waals surface area contributed by atoms with Crippen LogP contribution in [0.4, 0.5) is 11.5 Å². The Kier molecular flexibility index (Phi) is 4.49. The van der Waals surface area contributed by atoms with Gasteiger partial charge in [0.2, 0.25) is 0 Å². The van der Waals surface area contributed by atoms with Crippen molar-refractivity contribution in [3.05, 3.63) is 40.2 Å². The normalized spacial score (nSPS) is 14.6. The molecule has 0 spiro atoms. The number of carbonyl (C=O) groups excluding carboxylic acids is 2. The molecule has 2 aromatic rings. The first kappa shape index (κ1) is 17.0. The number of thioether (sulfide) groups is 1. The van der Waals surface area contributed by atoms with Gasteiger partial charge < -0.3 is 20.4 Å². The highest BCUT2D eigenvalue weighted by Gasteiger charge is 2.25. The molecule has 130 valence electrons. The van der Waals surface area contributed by atoms with E-state index in [1.54, 1.807) is 32.2 Å². The topological polar surface area (TPSA) is 118 Å². The van der Waals surface area contributed by atoms with Crippen LogP contribution in [0.15, 0.2) is 34.2 Å². The number of hydrogen-bond donors (Lipinski definition) is 2. The van der Waals surface area contributed by atoms with Gasteiger partial charge in [-0.2, -0.15) is 0 Å². The Hall–Kier alpha value is -2.81. The molecule has 0 fully saturated rings. The Labute approximate surface area is 147 Å². The van der Waals surface area contributed by atoms with E-state index in [2.05, 4.69) is 9.97 Å². The maximum absolute atomic E-state index is 12.7. The van der Waals surface area contributed by atoms with E-state index < -0.39 is 5.25 Å². The second-order valence-corrected chi connectivity index (χ2v) is 6.85. The van der Waals surface area contributed by atoms with Gasteiger partial charge >= 0.3 is 0 Å². The minimum Gasteiger partial charge on any atom is -0.482 e. The van der Waals surface area contributed by atoms with Gasteiger partial charge in [0.15, 0.2) is 17.5 Å². The standard InChI is InChI=1S/C16H16N4O4S/c1-8(25-16-18-12(17)6-13(21)19-16)15(23)9-3-4-11-10(5-9)20(2)14(22)7-24-11/h3-6,8H,7H2,1-2H3,(H3,17,18,19,21). The number of ether oxygens (including phenoxy) is 1. The van der Waals surface area contributed by atoms with Crippen LogP contribution in [0.2, 0.25) is 0 Å². The molecule has 2 heterocycles.